The Balaban J connectivity index is 1.39. The number of ether oxygens (including phenoxy) is 1. The summed E-state index contributed by atoms with van der Waals surface area (Å²) in [7, 11) is 0. The van der Waals surface area contributed by atoms with Gasteiger partial charge in [0, 0.05) is 31.1 Å². The number of thiazole rings is 1. The van der Waals surface area contributed by atoms with E-state index in [2.05, 4.69) is 15.2 Å². The van der Waals surface area contributed by atoms with Crippen LogP contribution in [0.5, 0.6) is 0 Å². The van der Waals surface area contributed by atoms with Crippen LogP contribution in [-0.2, 0) is 9.53 Å². The van der Waals surface area contributed by atoms with Gasteiger partial charge in [0.05, 0.1) is 28.5 Å². The topological polar surface area (TPSA) is 91.8 Å². The molecule has 0 saturated carbocycles. The zero-order valence-corrected chi connectivity index (χ0v) is 19.5. The van der Waals surface area contributed by atoms with Crippen molar-refractivity contribution in [3.63, 3.8) is 0 Å². The molecule has 1 amide bonds. The Bertz CT molecular complexity index is 859. The molecular weight excluding hydrogens is 469 g/mol. The number of nitrogens with one attached hydrogen (secondary N) is 1. The molecule has 2 atom stereocenters. The van der Waals surface area contributed by atoms with Crippen LogP contribution in [0.3, 0.4) is 0 Å². The van der Waals surface area contributed by atoms with Gasteiger partial charge in [-0.05, 0) is 19.3 Å². The molecule has 0 spiro atoms. The minimum atomic E-state index is -1.05. The molecular formula is C19H23Cl2N3O4S2. The number of carboxylic acids is 1. The zero-order valence-electron chi connectivity index (χ0n) is 16.4. The fourth-order valence-corrected chi connectivity index (χ4v) is 5.61. The summed E-state index contributed by atoms with van der Waals surface area (Å²) in [5, 5.41) is 13.2. The monoisotopic (exact) mass is 491 g/mol. The molecule has 0 radical (unpaired) electrons. The number of carbonyl (C=O) groups excluding carboxylic acids is 1. The van der Waals surface area contributed by atoms with Crippen LogP contribution < -0.4 is 5.32 Å². The van der Waals surface area contributed by atoms with Crippen molar-refractivity contribution in [1.29, 1.82) is 0 Å². The maximum Gasteiger partial charge on any atom is 0.355 e. The van der Waals surface area contributed by atoms with Gasteiger partial charge in [-0.3, -0.25) is 9.69 Å². The molecule has 3 rings (SSSR count). The van der Waals surface area contributed by atoms with E-state index in [-0.39, 0.29) is 23.5 Å². The van der Waals surface area contributed by atoms with Gasteiger partial charge >= 0.3 is 5.97 Å². The zero-order chi connectivity index (χ0) is 21.7. The van der Waals surface area contributed by atoms with E-state index >= 15 is 0 Å². The third-order valence-corrected chi connectivity index (χ3v) is 7.66. The number of carboxylic acid groups (broad SMARTS) is 1. The number of thioether (sulfide) groups is 1. The molecule has 1 aliphatic carbocycles. The van der Waals surface area contributed by atoms with Crippen LogP contribution in [0.2, 0.25) is 0 Å². The Labute approximate surface area is 193 Å². The molecule has 0 bridgehead atoms. The molecule has 1 unspecified atom stereocenters. The maximum absolute atomic E-state index is 12.2. The fraction of sp³-hybridized carbons (Fsp3) is 0.526. The van der Waals surface area contributed by atoms with Crippen LogP contribution in [0.25, 0.3) is 0 Å². The van der Waals surface area contributed by atoms with Gasteiger partial charge in [0.1, 0.15) is 0 Å². The molecule has 7 nitrogen and oxygen atoms in total. The van der Waals surface area contributed by atoms with Gasteiger partial charge in [-0.1, -0.05) is 47.1 Å². The first-order chi connectivity index (χ1) is 14.3. The van der Waals surface area contributed by atoms with Crippen molar-refractivity contribution >= 4 is 58.2 Å². The van der Waals surface area contributed by atoms with Crippen LogP contribution in [0, 0.1) is 12.8 Å². The van der Waals surface area contributed by atoms with Gasteiger partial charge in [-0.15, -0.1) is 11.3 Å². The molecule has 1 aromatic heterocycles. The van der Waals surface area contributed by atoms with Crippen molar-refractivity contribution in [2.45, 2.75) is 23.8 Å². The number of allylic oxidation sites excluding steroid dienone is 3. The minimum absolute atomic E-state index is 0.0467. The van der Waals surface area contributed by atoms with Crippen molar-refractivity contribution in [3.8, 4) is 0 Å². The Kier molecular flexibility index (Phi) is 8.62. The third kappa shape index (κ3) is 6.70. The molecule has 2 aliphatic rings. The molecule has 2 heterocycles. The van der Waals surface area contributed by atoms with E-state index in [9.17, 15) is 9.59 Å². The number of rotatable bonds is 8. The van der Waals surface area contributed by atoms with Crippen molar-refractivity contribution in [2.24, 2.45) is 5.92 Å². The van der Waals surface area contributed by atoms with E-state index < -0.39 is 5.97 Å². The molecule has 30 heavy (non-hydrogen) atoms. The summed E-state index contributed by atoms with van der Waals surface area (Å²) >= 11 is 14.7. The smallest absolute Gasteiger partial charge is 0.355 e. The Morgan fingerprint density at radius 2 is 2.23 bits per heavy atom. The van der Waals surface area contributed by atoms with Gasteiger partial charge < -0.3 is 15.2 Å². The fourth-order valence-electron chi connectivity index (χ4n) is 3.27. The lowest BCUT2D eigenvalue weighted by atomic mass is 9.99. The maximum atomic E-state index is 12.2. The summed E-state index contributed by atoms with van der Waals surface area (Å²) < 4.78 is 6.36. The van der Waals surface area contributed by atoms with Gasteiger partial charge in [-0.25, -0.2) is 9.78 Å². The summed E-state index contributed by atoms with van der Waals surface area (Å²) in [4.78, 5) is 30.2. The van der Waals surface area contributed by atoms with E-state index in [1.54, 1.807) is 6.92 Å². The van der Waals surface area contributed by atoms with Gasteiger partial charge in [0.25, 0.3) is 0 Å². The van der Waals surface area contributed by atoms with Crippen molar-refractivity contribution in [2.75, 3.05) is 38.5 Å². The lowest BCUT2D eigenvalue weighted by molar-refractivity contribution is -0.119. The normalized spacial score (nSPS) is 22.4. The SMILES string of the molecule is Cc1sc(SCC(=O)NC[C@H]2CN(CC3C=C(Cl)C(Cl)=CC3)CCO2)nc1C(=O)O. The van der Waals surface area contributed by atoms with Crippen LogP contribution in [-0.4, -0.2) is 71.5 Å². The number of aromatic nitrogens is 1. The van der Waals surface area contributed by atoms with E-state index in [0.29, 0.717) is 38.4 Å². The summed E-state index contributed by atoms with van der Waals surface area (Å²) in [6.45, 7) is 5.21. The first-order valence-electron chi connectivity index (χ1n) is 9.49. The lowest BCUT2D eigenvalue weighted by Gasteiger charge is -2.35. The number of halogens is 2. The highest BCUT2D eigenvalue weighted by atomic mass is 35.5. The van der Waals surface area contributed by atoms with Crippen molar-refractivity contribution in [1.82, 2.24) is 15.2 Å². The predicted octanol–water partition coefficient (Wildman–Crippen LogP) is 3.32. The second-order valence-corrected chi connectivity index (χ2v) is 10.3. The second-order valence-electron chi connectivity index (χ2n) is 7.10. The predicted molar refractivity (Wildman–Crippen MR) is 120 cm³/mol. The lowest BCUT2D eigenvalue weighted by Crippen LogP contribution is -2.48. The first kappa shape index (κ1) is 23.6. The van der Waals surface area contributed by atoms with Crippen LogP contribution >= 0.6 is 46.3 Å². The number of hydrogen-bond donors (Lipinski definition) is 2. The highest BCUT2D eigenvalue weighted by Crippen LogP contribution is 2.29. The van der Waals surface area contributed by atoms with E-state index in [1.165, 1.54) is 23.1 Å². The Hall–Kier alpha value is -1.10. The molecule has 0 aromatic carbocycles. The summed E-state index contributed by atoms with van der Waals surface area (Å²) in [5.74, 6) is -0.681. The molecule has 1 aliphatic heterocycles. The summed E-state index contributed by atoms with van der Waals surface area (Å²) in [6, 6.07) is 0. The number of aryl methyl sites for hydroxylation is 1. The minimum Gasteiger partial charge on any atom is -0.476 e. The quantitative estimate of drug-likeness (QED) is 0.538. The molecule has 1 fully saturated rings. The van der Waals surface area contributed by atoms with Crippen molar-refractivity contribution in [3.05, 3.63) is 32.8 Å². The second kappa shape index (κ2) is 11.0. The number of nitrogens with zero attached hydrogens (tertiary/aromatic N) is 2. The van der Waals surface area contributed by atoms with Crippen molar-refractivity contribution < 1.29 is 19.4 Å². The van der Waals surface area contributed by atoms with Gasteiger partial charge in [0.15, 0.2) is 10.0 Å². The van der Waals surface area contributed by atoms with E-state index in [4.69, 9.17) is 33.0 Å². The third-order valence-electron chi connectivity index (χ3n) is 4.76. The Morgan fingerprint density at radius 3 is 2.93 bits per heavy atom. The highest BCUT2D eigenvalue weighted by molar-refractivity contribution is 8.01. The number of amides is 1. The first-order valence-corrected chi connectivity index (χ1v) is 12.0. The summed E-state index contributed by atoms with van der Waals surface area (Å²) in [5.41, 5.74) is 0.0467. The Morgan fingerprint density at radius 1 is 1.43 bits per heavy atom. The van der Waals surface area contributed by atoms with E-state index in [0.717, 1.165) is 26.1 Å². The number of carbonyl (C=O) groups is 2. The molecule has 11 heteroatoms. The number of hydrogen-bond acceptors (Lipinski definition) is 7. The summed E-state index contributed by atoms with van der Waals surface area (Å²) in [6.07, 6.45) is 4.75. The molecule has 1 aromatic rings. The van der Waals surface area contributed by atoms with Crippen LogP contribution in [0.4, 0.5) is 0 Å². The molecule has 2 N–H and O–H groups in total. The van der Waals surface area contributed by atoms with Gasteiger partial charge in [-0.2, -0.15) is 0 Å². The molecule has 1 saturated heterocycles. The van der Waals surface area contributed by atoms with Gasteiger partial charge in [0.2, 0.25) is 5.91 Å². The standard InChI is InChI=1S/C19H23Cl2N3O4S2/c1-11-17(18(26)27)23-19(30-11)29-10-16(25)22-7-13-9-24(4-5-28-13)8-12-2-3-14(20)15(21)6-12/h3,6,12-13H,2,4-5,7-10H2,1H3,(H,22,25)(H,26,27)/t12?,13-/m0/s1. The largest absolute Gasteiger partial charge is 0.476 e. The van der Waals surface area contributed by atoms with Crippen LogP contribution in [0.1, 0.15) is 21.8 Å². The number of aromatic carboxylic acids is 1. The highest BCUT2D eigenvalue weighted by Gasteiger charge is 2.24. The average Bonchev–Trinajstić information content (AvgIpc) is 3.09. The van der Waals surface area contributed by atoms with Crippen LogP contribution in [0.15, 0.2) is 26.6 Å². The number of morpholine rings is 1. The average molecular weight is 492 g/mol. The van der Waals surface area contributed by atoms with E-state index in [1.807, 2.05) is 12.2 Å². The molecule has 164 valence electrons.